The van der Waals surface area contributed by atoms with E-state index in [4.69, 9.17) is 14.0 Å². The minimum atomic E-state index is 0.419. The summed E-state index contributed by atoms with van der Waals surface area (Å²) in [4.78, 5) is 2.55. The summed E-state index contributed by atoms with van der Waals surface area (Å²) >= 11 is 0. The average Bonchev–Trinajstić information content (AvgIpc) is 2.88. The van der Waals surface area contributed by atoms with E-state index < -0.39 is 0 Å². The summed E-state index contributed by atoms with van der Waals surface area (Å²) in [6.07, 6.45) is 3.68. The molecule has 0 radical (unpaired) electrons. The zero-order valence-corrected chi connectivity index (χ0v) is 14.8. The third-order valence-corrected chi connectivity index (χ3v) is 5.87. The topological polar surface area (TPSA) is 47.7 Å². The number of rotatable bonds is 5. The predicted octanol–water partition coefficient (Wildman–Crippen LogP) is 2.95. The van der Waals surface area contributed by atoms with Crippen LogP contribution in [0.1, 0.15) is 43.2 Å². The highest BCUT2D eigenvalue weighted by atomic mass is 16.5. The number of piperidine rings is 1. The fourth-order valence-corrected chi connectivity index (χ4v) is 4.13. The molecule has 5 heteroatoms. The first-order chi connectivity index (χ1) is 11.1. The molecule has 0 bridgehead atoms. The Hall–Kier alpha value is -0.910. The number of hydrogen-bond donors (Lipinski definition) is 0. The number of hydrogen-bond acceptors (Lipinski definition) is 5. The molecule has 1 aromatic rings. The van der Waals surface area contributed by atoms with Gasteiger partial charge in [0, 0.05) is 31.2 Å². The minimum Gasteiger partial charge on any atom is -0.381 e. The Balaban J connectivity index is 1.60. The second kappa shape index (κ2) is 7.32. The van der Waals surface area contributed by atoms with Gasteiger partial charge in [0.1, 0.15) is 5.76 Å². The molecule has 3 rings (SSSR count). The normalized spacial score (nSPS) is 25.1. The molecule has 0 saturated carbocycles. The van der Waals surface area contributed by atoms with Crippen LogP contribution in [-0.2, 0) is 16.0 Å². The van der Waals surface area contributed by atoms with Crippen molar-refractivity contribution in [1.29, 1.82) is 0 Å². The van der Waals surface area contributed by atoms with Gasteiger partial charge in [-0.3, -0.25) is 4.90 Å². The molecule has 0 aromatic carbocycles. The van der Waals surface area contributed by atoms with Crippen LogP contribution >= 0.6 is 0 Å². The molecule has 1 atom stereocenters. The van der Waals surface area contributed by atoms with Crippen LogP contribution in [0.15, 0.2) is 4.52 Å². The molecule has 0 N–H and O–H groups in total. The average molecular weight is 322 g/mol. The number of nitrogens with zero attached hydrogens (tertiary/aromatic N) is 2. The Labute approximate surface area is 139 Å². The van der Waals surface area contributed by atoms with Gasteiger partial charge < -0.3 is 14.0 Å². The monoisotopic (exact) mass is 322 g/mol. The van der Waals surface area contributed by atoms with Gasteiger partial charge in [-0.2, -0.15) is 0 Å². The Morgan fingerprint density at radius 1 is 1.26 bits per heavy atom. The molecule has 3 heterocycles. The van der Waals surface area contributed by atoms with Gasteiger partial charge in [0.25, 0.3) is 0 Å². The molecular weight excluding hydrogens is 292 g/mol. The second-order valence-electron chi connectivity index (χ2n) is 7.12. The molecule has 2 fully saturated rings. The van der Waals surface area contributed by atoms with Gasteiger partial charge in [-0.15, -0.1) is 0 Å². The lowest BCUT2D eigenvalue weighted by Crippen LogP contribution is -2.49. The van der Waals surface area contributed by atoms with Crippen molar-refractivity contribution in [3.05, 3.63) is 17.0 Å². The number of likely N-dealkylation sites (tertiary alicyclic amines) is 1. The van der Waals surface area contributed by atoms with Crippen LogP contribution in [-0.4, -0.2) is 49.6 Å². The highest BCUT2D eigenvalue weighted by Gasteiger charge is 2.43. The van der Waals surface area contributed by atoms with Gasteiger partial charge in [-0.1, -0.05) is 5.16 Å². The van der Waals surface area contributed by atoms with E-state index in [0.29, 0.717) is 11.3 Å². The zero-order chi connectivity index (χ0) is 16.3. The van der Waals surface area contributed by atoms with E-state index in [2.05, 4.69) is 17.0 Å². The van der Waals surface area contributed by atoms with Crippen molar-refractivity contribution in [2.24, 2.45) is 11.3 Å². The van der Waals surface area contributed by atoms with Crippen LogP contribution in [0.25, 0.3) is 0 Å². The van der Waals surface area contributed by atoms with Crippen molar-refractivity contribution in [3.63, 3.8) is 0 Å². The number of aryl methyl sites for hydroxylation is 2. The van der Waals surface area contributed by atoms with E-state index in [-0.39, 0.29) is 0 Å². The molecule has 2 aliphatic rings. The van der Waals surface area contributed by atoms with Crippen LogP contribution in [0.2, 0.25) is 0 Å². The van der Waals surface area contributed by atoms with Crippen molar-refractivity contribution in [1.82, 2.24) is 10.1 Å². The summed E-state index contributed by atoms with van der Waals surface area (Å²) in [7, 11) is 0. The third kappa shape index (κ3) is 3.62. The maximum atomic E-state index is 5.74. The van der Waals surface area contributed by atoms with Gasteiger partial charge in [-0.05, 0) is 58.5 Å². The number of ether oxygens (including phenoxy) is 2. The molecule has 0 amide bonds. The quantitative estimate of drug-likeness (QED) is 0.834. The van der Waals surface area contributed by atoms with Crippen molar-refractivity contribution >= 4 is 0 Å². The van der Waals surface area contributed by atoms with E-state index in [1.165, 1.54) is 24.8 Å². The Kier molecular flexibility index (Phi) is 5.39. The van der Waals surface area contributed by atoms with E-state index in [1.54, 1.807) is 0 Å². The smallest absolute Gasteiger partial charge is 0.138 e. The van der Waals surface area contributed by atoms with Crippen LogP contribution in [0, 0.1) is 25.2 Å². The van der Waals surface area contributed by atoms with Crippen molar-refractivity contribution in [2.45, 2.75) is 46.6 Å². The third-order valence-electron chi connectivity index (χ3n) is 5.87. The van der Waals surface area contributed by atoms with E-state index in [9.17, 15) is 0 Å². The van der Waals surface area contributed by atoms with Crippen molar-refractivity contribution < 1.29 is 14.0 Å². The predicted molar refractivity (Wildman–Crippen MR) is 88.3 cm³/mol. The summed E-state index contributed by atoms with van der Waals surface area (Å²) in [6, 6.07) is 0. The standard InChI is InChI=1S/C18H30N2O3/c1-4-21-12-16-13-22-10-7-18(16)5-8-20(9-6-18)11-17-14(2)19-23-15(17)3/h16H,4-13H2,1-3H3. The van der Waals surface area contributed by atoms with Gasteiger partial charge in [0.05, 0.1) is 18.9 Å². The van der Waals surface area contributed by atoms with Crippen LogP contribution in [0.4, 0.5) is 0 Å². The fraction of sp³-hybridized carbons (Fsp3) is 0.833. The molecular formula is C18H30N2O3. The van der Waals surface area contributed by atoms with E-state index >= 15 is 0 Å². The Bertz CT molecular complexity index is 487. The summed E-state index contributed by atoms with van der Waals surface area (Å²) in [6.45, 7) is 12.8. The first-order valence-corrected chi connectivity index (χ1v) is 8.94. The summed E-state index contributed by atoms with van der Waals surface area (Å²) in [5, 5.41) is 4.08. The minimum absolute atomic E-state index is 0.419. The lowest BCUT2D eigenvalue weighted by Gasteiger charge is -2.49. The Morgan fingerprint density at radius 3 is 2.70 bits per heavy atom. The molecule has 130 valence electrons. The van der Waals surface area contributed by atoms with Crippen molar-refractivity contribution in [3.8, 4) is 0 Å². The lowest BCUT2D eigenvalue weighted by molar-refractivity contribution is -0.0993. The van der Waals surface area contributed by atoms with Gasteiger partial charge >= 0.3 is 0 Å². The van der Waals surface area contributed by atoms with Crippen LogP contribution in [0.5, 0.6) is 0 Å². The zero-order valence-electron chi connectivity index (χ0n) is 14.8. The van der Waals surface area contributed by atoms with Gasteiger partial charge in [-0.25, -0.2) is 0 Å². The van der Waals surface area contributed by atoms with Crippen LogP contribution in [0.3, 0.4) is 0 Å². The Morgan fingerprint density at radius 2 is 2.04 bits per heavy atom. The molecule has 2 aliphatic heterocycles. The molecule has 1 spiro atoms. The van der Waals surface area contributed by atoms with Gasteiger partial charge in [0.2, 0.25) is 0 Å². The van der Waals surface area contributed by atoms with E-state index in [0.717, 1.165) is 57.5 Å². The van der Waals surface area contributed by atoms with Crippen LogP contribution < -0.4 is 0 Å². The molecule has 5 nitrogen and oxygen atoms in total. The summed E-state index contributed by atoms with van der Waals surface area (Å²) in [5.41, 5.74) is 2.71. The summed E-state index contributed by atoms with van der Waals surface area (Å²) < 4.78 is 16.8. The van der Waals surface area contributed by atoms with Gasteiger partial charge in [0.15, 0.2) is 0 Å². The largest absolute Gasteiger partial charge is 0.381 e. The maximum absolute atomic E-state index is 5.74. The highest BCUT2D eigenvalue weighted by Crippen LogP contribution is 2.45. The lowest BCUT2D eigenvalue weighted by atomic mass is 9.66. The number of aromatic nitrogens is 1. The molecule has 1 aromatic heterocycles. The molecule has 2 saturated heterocycles. The maximum Gasteiger partial charge on any atom is 0.138 e. The fourth-order valence-electron chi connectivity index (χ4n) is 4.13. The highest BCUT2D eigenvalue weighted by molar-refractivity contribution is 5.20. The SMILES string of the molecule is CCOCC1COCCC12CCN(Cc1c(C)noc1C)CC2. The molecule has 0 aliphatic carbocycles. The first-order valence-electron chi connectivity index (χ1n) is 8.94. The van der Waals surface area contributed by atoms with E-state index in [1.807, 2.05) is 13.8 Å². The molecule has 1 unspecified atom stereocenters. The first kappa shape index (κ1) is 16.9. The summed E-state index contributed by atoms with van der Waals surface area (Å²) in [5.74, 6) is 1.51. The van der Waals surface area contributed by atoms with Crippen molar-refractivity contribution in [2.75, 3.05) is 39.5 Å². The molecule has 23 heavy (non-hydrogen) atoms. The second-order valence-corrected chi connectivity index (χ2v) is 7.12.